The van der Waals surface area contributed by atoms with E-state index in [9.17, 15) is 19.5 Å². The van der Waals surface area contributed by atoms with Gasteiger partial charge in [-0.2, -0.15) is 0 Å². The number of fused-ring (bicyclic) bond motifs is 3. The van der Waals surface area contributed by atoms with Crippen molar-refractivity contribution in [3.8, 4) is 11.1 Å². The molecule has 0 radical (unpaired) electrons. The zero-order chi connectivity index (χ0) is 27.7. The highest BCUT2D eigenvalue weighted by Crippen LogP contribution is 2.45. The number of carbonyl (C=O) groups excluding carboxylic acids is 2. The van der Waals surface area contributed by atoms with Crippen molar-refractivity contribution in [3.63, 3.8) is 0 Å². The Bertz CT molecular complexity index is 1180. The number of carboxylic acids is 1. The average molecular weight is 535 g/mol. The Kier molecular flexibility index (Phi) is 7.56. The molecule has 2 amide bonds. The van der Waals surface area contributed by atoms with Crippen LogP contribution in [0.4, 0.5) is 9.59 Å². The fraction of sp³-hybridized carbons (Fsp3) is 0.516. The number of rotatable bonds is 4. The van der Waals surface area contributed by atoms with Gasteiger partial charge >= 0.3 is 18.2 Å². The molecule has 0 bridgehead atoms. The summed E-state index contributed by atoms with van der Waals surface area (Å²) < 4.78 is 11.5. The van der Waals surface area contributed by atoms with Crippen LogP contribution in [0.5, 0.6) is 0 Å². The van der Waals surface area contributed by atoms with Gasteiger partial charge in [-0.3, -0.25) is 4.79 Å². The minimum absolute atomic E-state index is 0.0365. The van der Waals surface area contributed by atoms with Gasteiger partial charge in [-0.25, -0.2) is 9.59 Å². The Morgan fingerprint density at radius 3 is 2.03 bits per heavy atom. The van der Waals surface area contributed by atoms with Crippen LogP contribution in [0.25, 0.3) is 11.1 Å². The predicted octanol–water partition coefficient (Wildman–Crippen LogP) is 5.75. The quantitative estimate of drug-likeness (QED) is 0.537. The Morgan fingerprint density at radius 1 is 0.872 bits per heavy atom. The van der Waals surface area contributed by atoms with Gasteiger partial charge in [-0.15, -0.1) is 0 Å². The second-order valence-electron chi connectivity index (χ2n) is 11.9. The molecule has 0 saturated carbocycles. The molecule has 1 N–H and O–H groups in total. The molecule has 0 spiro atoms. The standard InChI is InChI=1S/C31H38N2O6/c1-31(2,3)39-29(36)32-17-14-20(15-18-32)27-25(28(34)35)13-8-16-33(27)30(37)38-19-26-23-11-6-4-9-21(23)22-10-5-7-12-24(22)26/h4-7,9-12,20,25-27H,8,13-19H2,1-3H3,(H,34,35). The third-order valence-corrected chi connectivity index (χ3v) is 8.25. The maximum absolute atomic E-state index is 13.6. The van der Waals surface area contributed by atoms with E-state index in [1.807, 2.05) is 45.0 Å². The topological polar surface area (TPSA) is 96.4 Å². The smallest absolute Gasteiger partial charge is 0.410 e. The molecular weight excluding hydrogens is 496 g/mol. The second-order valence-corrected chi connectivity index (χ2v) is 11.9. The molecule has 208 valence electrons. The SMILES string of the molecule is CC(C)(C)OC(=O)N1CCC(C2C(C(=O)O)CCCN2C(=O)OCC2c3ccccc3-c3ccccc32)CC1. The van der Waals surface area contributed by atoms with Gasteiger partial charge in [0.2, 0.25) is 0 Å². The van der Waals surface area contributed by atoms with Gasteiger partial charge in [0.25, 0.3) is 0 Å². The average Bonchev–Trinajstić information content (AvgIpc) is 3.24. The Morgan fingerprint density at radius 2 is 1.46 bits per heavy atom. The van der Waals surface area contributed by atoms with E-state index in [1.54, 1.807) is 9.80 Å². The van der Waals surface area contributed by atoms with Crippen molar-refractivity contribution in [1.82, 2.24) is 9.80 Å². The molecule has 2 aliphatic heterocycles. The number of amides is 2. The third kappa shape index (κ3) is 5.60. The normalized spacial score (nSPS) is 21.7. The van der Waals surface area contributed by atoms with Crippen LogP contribution in [0, 0.1) is 11.8 Å². The predicted molar refractivity (Wildman–Crippen MR) is 146 cm³/mol. The number of carbonyl (C=O) groups is 3. The number of piperidine rings is 2. The molecule has 2 fully saturated rings. The van der Waals surface area contributed by atoms with Gasteiger partial charge in [-0.05, 0) is 74.6 Å². The van der Waals surface area contributed by atoms with E-state index in [0.29, 0.717) is 45.3 Å². The highest BCUT2D eigenvalue weighted by Gasteiger charge is 2.45. The van der Waals surface area contributed by atoms with Crippen LogP contribution in [-0.2, 0) is 14.3 Å². The van der Waals surface area contributed by atoms with Crippen LogP contribution >= 0.6 is 0 Å². The minimum Gasteiger partial charge on any atom is -0.481 e. The van der Waals surface area contributed by atoms with Gasteiger partial charge in [0.1, 0.15) is 12.2 Å². The summed E-state index contributed by atoms with van der Waals surface area (Å²) in [4.78, 5) is 41.7. The summed E-state index contributed by atoms with van der Waals surface area (Å²) in [7, 11) is 0. The first kappa shape index (κ1) is 27.0. The van der Waals surface area contributed by atoms with E-state index in [1.165, 1.54) is 0 Å². The zero-order valence-electron chi connectivity index (χ0n) is 23.0. The molecule has 1 aliphatic carbocycles. The number of likely N-dealkylation sites (tertiary alicyclic amines) is 2. The van der Waals surface area contributed by atoms with Crippen molar-refractivity contribution in [1.29, 1.82) is 0 Å². The molecule has 8 nitrogen and oxygen atoms in total. The molecule has 2 heterocycles. The molecule has 8 heteroatoms. The van der Waals surface area contributed by atoms with Gasteiger partial charge in [0, 0.05) is 25.6 Å². The van der Waals surface area contributed by atoms with E-state index in [4.69, 9.17) is 9.47 Å². The van der Waals surface area contributed by atoms with Gasteiger partial charge in [-0.1, -0.05) is 48.5 Å². The summed E-state index contributed by atoms with van der Waals surface area (Å²) in [6.45, 7) is 7.13. The van der Waals surface area contributed by atoms with Crippen molar-refractivity contribution in [2.45, 2.75) is 64.0 Å². The Labute approximate surface area is 229 Å². The summed E-state index contributed by atoms with van der Waals surface area (Å²) in [6, 6.07) is 15.9. The highest BCUT2D eigenvalue weighted by atomic mass is 16.6. The van der Waals surface area contributed by atoms with Crippen molar-refractivity contribution >= 4 is 18.2 Å². The number of ether oxygens (including phenoxy) is 2. The zero-order valence-corrected chi connectivity index (χ0v) is 23.0. The summed E-state index contributed by atoms with van der Waals surface area (Å²) in [5.74, 6) is -1.63. The number of benzene rings is 2. The highest BCUT2D eigenvalue weighted by molar-refractivity contribution is 5.79. The molecule has 2 saturated heterocycles. The van der Waals surface area contributed by atoms with Crippen LogP contribution in [-0.4, -0.2) is 70.9 Å². The second kappa shape index (κ2) is 10.9. The Hall–Kier alpha value is -3.55. The number of carboxylic acid groups (broad SMARTS) is 1. The molecule has 2 unspecified atom stereocenters. The van der Waals surface area contributed by atoms with Gasteiger partial charge in [0.15, 0.2) is 0 Å². The third-order valence-electron chi connectivity index (χ3n) is 8.25. The Balaban J connectivity index is 1.29. The van der Waals surface area contributed by atoms with Crippen LogP contribution in [0.3, 0.4) is 0 Å². The van der Waals surface area contributed by atoms with Crippen molar-refractivity contribution in [2.75, 3.05) is 26.2 Å². The monoisotopic (exact) mass is 534 g/mol. The van der Waals surface area contributed by atoms with Crippen LogP contribution in [0.15, 0.2) is 48.5 Å². The molecule has 2 aromatic rings. The lowest BCUT2D eigenvalue weighted by molar-refractivity contribution is -0.147. The fourth-order valence-corrected chi connectivity index (χ4v) is 6.51. The number of hydrogen-bond acceptors (Lipinski definition) is 5. The van der Waals surface area contributed by atoms with Gasteiger partial charge < -0.3 is 24.4 Å². The summed E-state index contributed by atoms with van der Waals surface area (Å²) in [5.41, 5.74) is 4.02. The van der Waals surface area contributed by atoms with Crippen LogP contribution in [0.2, 0.25) is 0 Å². The largest absolute Gasteiger partial charge is 0.481 e. The summed E-state index contributed by atoms with van der Waals surface area (Å²) in [5, 5.41) is 10.1. The lowest BCUT2D eigenvalue weighted by atomic mass is 9.77. The number of aliphatic carboxylic acids is 1. The van der Waals surface area contributed by atoms with Crippen LogP contribution < -0.4 is 0 Å². The first-order chi connectivity index (χ1) is 18.6. The van der Waals surface area contributed by atoms with E-state index in [-0.39, 0.29) is 24.5 Å². The number of nitrogens with zero attached hydrogens (tertiary/aromatic N) is 2. The molecule has 3 aliphatic rings. The molecule has 39 heavy (non-hydrogen) atoms. The van der Waals surface area contributed by atoms with E-state index < -0.39 is 29.6 Å². The minimum atomic E-state index is -0.884. The van der Waals surface area contributed by atoms with Crippen molar-refractivity contribution < 1.29 is 29.0 Å². The maximum atomic E-state index is 13.6. The molecule has 0 aromatic heterocycles. The lowest BCUT2D eigenvalue weighted by Gasteiger charge is -2.45. The molecular formula is C31H38N2O6. The number of hydrogen-bond donors (Lipinski definition) is 1. The summed E-state index contributed by atoms with van der Waals surface area (Å²) in [6.07, 6.45) is 1.56. The van der Waals surface area contributed by atoms with E-state index >= 15 is 0 Å². The van der Waals surface area contributed by atoms with E-state index in [0.717, 1.165) is 22.3 Å². The molecule has 2 atom stereocenters. The fourth-order valence-electron chi connectivity index (χ4n) is 6.51. The first-order valence-corrected chi connectivity index (χ1v) is 14.0. The van der Waals surface area contributed by atoms with Crippen molar-refractivity contribution in [3.05, 3.63) is 59.7 Å². The molecule has 2 aromatic carbocycles. The maximum Gasteiger partial charge on any atom is 0.410 e. The first-order valence-electron chi connectivity index (χ1n) is 14.0. The summed E-state index contributed by atoms with van der Waals surface area (Å²) >= 11 is 0. The molecule has 5 rings (SSSR count). The van der Waals surface area contributed by atoms with Crippen molar-refractivity contribution in [2.24, 2.45) is 11.8 Å². The van der Waals surface area contributed by atoms with Crippen LogP contribution in [0.1, 0.15) is 63.5 Å². The lowest BCUT2D eigenvalue weighted by Crippen LogP contribution is -2.56. The van der Waals surface area contributed by atoms with E-state index in [2.05, 4.69) is 24.3 Å². The van der Waals surface area contributed by atoms with Gasteiger partial charge in [0.05, 0.1) is 12.0 Å².